The smallest absolute Gasteiger partial charge is 0.287 e. The van der Waals surface area contributed by atoms with E-state index in [-0.39, 0.29) is 30.7 Å². The lowest BCUT2D eigenvalue weighted by Crippen LogP contribution is -2.24. The summed E-state index contributed by atoms with van der Waals surface area (Å²) in [4.78, 5) is 31.7. The maximum absolute atomic E-state index is 12.3. The molecule has 4 rings (SSSR count). The molecule has 2 amide bonds. The lowest BCUT2D eigenvalue weighted by molar-refractivity contribution is -0.116. The summed E-state index contributed by atoms with van der Waals surface area (Å²) < 4.78 is 1.42. The van der Waals surface area contributed by atoms with E-state index in [9.17, 15) is 9.59 Å². The second-order valence-corrected chi connectivity index (χ2v) is 6.61. The molecule has 29 heavy (non-hydrogen) atoms. The van der Waals surface area contributed by atoms with Gasteiger partial charge in [0.25, 0.3) is 5.91 Å². The first-order valence-corrected chi connectivity index (χ1v) is 9.05. The van der Waals surface area contributed by atoms with Crippen molar-refractivity contribution in [3.8, 4) is 0 Å². The van der Waals surface area contributed by atoms with E-state index in [2.05, 4.69) is 30.9 Å². The van der Waals surface area contributed by atoms with Crippen molar-refractivity contribution in [2.75, 3.05) is 5.32 Å². The number of benzene rings is 2. The van der Waals surface area contributed by atoms with Crippen molar-refractivity contribution in [1.29, 1.82) is 0 Å². The first kappa shape index (κ1) is 18.4. The minimum Gasteiger partial charge on any atom is -0.344 e. The fourth-order valence-electron chi connectivity index (χ4n) is 2.88. The van der Waals surface area contributed by atoms with Crippen LogP contribution in [0.1, 0.15) is 21.9 Å². The van der Waals surface area contributed by atoms with Crippen LogP contribution in [0.15, 0.2) is 54.7 Å². The number of carbonyl (C=O) groups is 2. The highest BCUT2D eigenvalue weighted by Crippen LogP contribution is 2.11. The Kier molecular flexibility index (Phi) is 5.02. The summed E-state index contributed by atoms with van der Waals surface area (Å²) in [5, 5.41) is 13.5. The molecule has 0 aliphatic rings. The van der Waals surface area contributed by atoms with Gasteiger partial charge in [-0.15, -0.1) is 5.10 Å². The van der Waals surface area contributed by atoms with E-state index in [4.69, 9.17) is 0 Å². The van der Waals surface area contributed by atoms with Gasteiger partial charge in [-0.05, 0) is 36.8 Å². The van der Waals surface area contributed by atoms with Crippen molar-refractivity contribution in [3.05, 3.63) is 71.8 Å². The molecule has 0 aliphatic heterocycles. The van der Waals surface area contributed by atoms with Gasteiger partial charge in [0.05, 0.1) is 23.8 Å². The van der Waals surface area contributed by atoms with Crippen molar-refractivity contribution >= 4 is 28.5 Å². The molecule has 0 unspecified atom stereocenters. The molecule has 0 aliphatic carbocycles. The molecule has 9 nitrogen and oxygen atoms in total. The van der Waals surface area contributed by atoms with Crippen LogP contribution in [-0.4, -0.2) is 36.8 Å². The molecule has 2 heterocycles. The largest absolute Gasteiger partial charge is 0.344 e. The number of aryl methyl sites for hydroxylation is 1. The van der Waals surface area contributed by atoms with Crippen LogP contribution < -0.4 is 10.6 Å². The normalized spacial score (nSPS) is 10.8. The van der Waals surface area contributed by atoms with Gasteiger partial charge in [-0.2, -0.15) is 0 Å². The van der Waals surface area contributed by atoms with E-state index in [0.717, 1.165) is 22.3 Å². The zero-order valence-corrected chi connectivity index (χ0v) is 15.7. The molecule has 3 N–H and O–H groups in total. The number of rotatable bonds is 6. The number of H-pyrrole nitrogens is 1. The van der Waals surface area contributed by atoms with Gasteiger partial charge in [0.1, 0.15) is 12.2 Å². The van der Waals surface area contributed by atoms with Gasteiger partial charge >= 0.3 is 0 Å². The summed E-state index contributed by atoms with van der Waals surface area (Å²) in [7, 11) is 0. The number of nitrogens with one attached hydrogen (secondary N) is 3. The Morgan fingerprint density at radius 3 is 2.83 bits per heavy atom. The van der Waals surface area contributed by atoms with Crippen LogP contribution in [0.25, 0.3) is 11.0 Å². The molecule has 2 aromatic carbocycles. The number of hydrogen-bond acceptors (Lipinski definition) is 5. The standard InChI is InChI=1S/C20H19N7O2/c1-13-5-4-6-14(9-13)22-18(28)12-27-11-15(25-26-27)10-21-20(29)19-23-16-7-2-3-8-17(16)24-19/h2-9,11H,10,12H2,1H3,(H,21,29)(H,22,28)(H,23,24). The first-order valence-electron chi connectivity index (χ1n) is 9.05. The second kappa shape index (κ2) is 7.93. The molecule has 4 aromatic rings. The third kappa shape index (κ3) is 4.46. The predicted molar refractivity (Wildman–Crippen MR) is 107 cm³/mol. The summed E-state index contributed by atoms with van der Waals surface area (Å²) in [6.45, 7) is 2.16. The third-order valence-electron chi connectivity index (χ3n) is 4.23. The number of fused-ring (bicyclic) bond motifs is 1. The fraction of sp³-hybridized carbons (Fsp3) is 0.150. The fourth-order valence-corrected chi connectivity index (χ4v) is 2.88. The number of hydrogen-bond donors (Lipinski definition) is 3. The first-order chi connectivity index (χ1) is 14.1. The molecule has 0 spiro atoms. The van der Waals surface area contributed by atoms with E-state index in [0.29, 0.717) is 5.69 Å². The van der Waals surface area contributed by atoms with Gasteiger partial charge in [0.15, 0.2) is 5.82 Å². The minimum absolute atomic E-state index is 0.0263. The molecule has 9 heteroatoms. The number of anilines is 1. The van der Waals surface area contributed by atoms with Crippen molar-refractivity contribution < 1.29 is 9.59 Å². The van der Waals surface area contributed by atoms with Crippen molar-refractivity contribution in [3.63, 3.8) is 0 Å². The van der Waals surface area contributed by atoms with Gasteiger partial charge in [0.2, 0.25) is 5.91 Å². The number of nitrogens with zero attached hydrogens (tertiary/aromatic N) is 4. The van der Waals surface area contributed by atoms with Gasteiger partial charge in [-0.3, -0.25) is 9.59 Å². The summed E-state index contributed by atoms with van der Waals surface area (Å²) in [6, 6.07) is 15.0. The molecule has 146 valence electrons. The molecule has 2 aromatic heterocycles. The van der Waals surface area contributed by atoms with Gasteiger partial charge in [-0.1, -0.05) is 29.5 Å². The van der Waals surface area contributed by atoms with Crippen LogP contribution in [-0.2, 0) is 17.9 Å². The second-order valence-electron chi connectivity index (χ2n) is 6.61. The van der Waals surface area contributed by atoms with Gasteiger partial charge in [-0.25, -0.2) is 9.67 Å². The maximum atomic E-state index is 12.3. The van der Waals surface area contributed by atoms with Crippen molar-refractivity contribution in [2.45, 2.75) is 20.0 Å². The Balaban J connectivity index is 1.31. The van der Waals surface area contributed by atoms with Crippen molar-refractivity contribution in [2.24, 2.45) is 0 Å². The lowest BCUT2D eigenvalue weighted by atomic mass is 10.2. The van der Waals surface area contributed by atoms with Crippen LogP contribution in [0.4, 0.5) is 5.69 Å². The summed E-state index contributed by atoms with van der Waals surface area (Å²) in [6.07, 6.45) is 1.62. The zero-order valence-electron chi connectivity index (χ0n) is 15.7. The quantitative estimate of drug-likeness (QED) is 0.466. The predicted octanol–water partition coefficient (Wildman–Crippen LogP) is 2.03. The highest BCUT2D eigenvalue weighted by Gasteiger charge is 2.12. The summed E-state index contributed by atoms with van der Waals surface area (Å²) in [5.74, 6) is -0.317. The third-order valence-corrected chi connectivity index (χ3v) is 4.23. The number of imidazole rings is 1. The van der Waals surface area contributed by atoms with E-state index in [1.54, 1.807) is 6.20 Å². The average molecular weight is 389 g/mol. The van der Waals surface area contributed by atoms with Crippen LogP contribution in [0, 0.1) is 6.92 Å². The molecule has 0 atom stereocenters. The SMILES string of the molecule is Cc1cccc(NC(=O)Cn2cc(CNC(=O)c3nc4ccccc4[nH]3)nn2)c1. The van der Waals surface area contributed by atoms with E-state index in [1.807, 2.05) is 55.5 Å². The molecular weight excluding hydrogens is 370 g/mol. The zero-order chi connectivity index (χ0) is 20.2. The topological polar surface area (TPSA) is 118 Å². The monoisotopic (exact) mass is 389 g/mol. The Morgan fingerprint density at radius 2 is 2.00 bits per heavy atom. The Morgan fingerprint density at radius 1 is 1.14 bits per heavy atom. The molecular formula is C20H19N7O2. The average Bonchev–Trinajstić information content (AvgIpc) is 3.32. The van der Waals surface area contributed by atoms with Crippen LogP contribution in [0.3, 0.4) is 0 Å². The Hall–Kier alpha value is -4.01. The maximum Gasteiger partial charge on any atom is 0.287 e. The molecule has 0 radical (unpaired) electrons. The Bertz CT molecular complexity index is 1150. The molecule has 0 bridgehead atoms. The molecule has 0 fully saturated rings. The molecule has 0 saturated heterocycles. The highest BCUT2D eigenvalue weighted by atomic mass is 16.2. The summed E-state index contributed by atoms with van der Waals surface area (Å²) >= 11 is 0. The number of aromatic nitrogens is 5. The van der Waals surface area contributed by atoms with Crippen molar-refractivity contribution in [1.82, 2.24) is 30.3 Å². The highest BCUT2D eigenvalue weighted by molar-refractivity contribution is 5.94. The van der Waals surface area contributed by atoms with Crippen LogP contribution in [0.5, 0.6) is 0 Å². The number of para-hydroxylation sites is 2. The van der Waals surface area contributed by atoms with Gasteiger partial charge < -0.3 is 15.6 Å². The molecule has 0 saturated carbocycles. The lowest BCUT2D eigenvalue weighted by Gasteiger charge is -2.05. The van der Waals surface area contributed by atoms with Crippen LogP contribution in [0.2, 0.25) is 0 Å². The number of carbonyl (C=O) groups excluding carboxylic acids is 2. The van der Waals surface area contributed by atoms with Gasteiger partial charge in [0, 0.05) is 5.69 Å². The van der Waals surface area contributed by atoms with E-state index in [1.165, 1.54) is 4.68 Å². The number of amides is 2. The Labute approximate surface area is 166 Å². The minimum atomic E-state index is -0.340. The van der Waals surface area contributed by atoms with E-state index >= 15 is 0 Å². The van der Waals surface area contributed by atoms with E-state index < -0.39 is 0 Å². The summed E-state index contributed by atoms with van der Waals surface area (Å²) in [5.41, 5.74) is 3.85. The van der Waals surface area contributed by atoms with Crippen LogP contribution >= 0.6 is 0 Å². The number of aromatic amines is 1.